The molecule has 0 bridgehead atoms. The molecule has 1 heterocycles. The van der Waals surface area contributed by atoms with Gasteiger partial charge in [0.2, 0.25) is 0 Å². The molecule has 0 aliphatic rings. The molecule has 0 radical (unpaired) electrons. The lowest BCUT2D eigenvalue weighted by molar-refractivity contribution is 0.410. The number of ether oxygens (including phenoxy) is 1. The van der Waals surface area contributed by atoms with Crippen LogP contribution in [-0.2, 0) is 6.54 Å². The van der Waals surface area contributed by atoms with E-state index in [0.29, 0.717) is 28.7 Å². The van der Waals surface area contributed by atoms with Crippen LogP contribution in [-0.4, -0.2) is 12.1 Å². The maximum atomic E-state index is 8.97. The first-order valence-electron chi connectivity index (χ1n) is 5.66. The van der Waals surface area contributed by atoms with Gasteiger partial charge in [0.05, 0.1) is 12.8 Å². The van der Waals surface area contributed by atoms with Gasteiger partial charge in [0.15, 0.2) is 5.69 Å². The van der Waals surface area contributed by atoms with Crippen LogP contribution in [0, 0.1) is 11.3 Å². The van der Waals surface area contributed by atoms with Crippen LogP contribution in [0.3, 0.4) is 0 Å². The summed E-state index contributed by atoms with van der Waals surface area (Å²) < 4.78 is 5.27. The molecule has 0 aliphatic heterocycles. The predicted octanol–water partition coefficient (Wildman–Crippen LogP) is 3.23. The zero-order valence-corrected chi connectivity index (χ0v) is 11.1. The second-order valence-corrected chi connectivity index (χ2v) is 4.19. The van der Waals surface area contributed by atoms with Gasteiger partial charge in [0.1, 0.15) is 11.8 Å². The van der Waals surface area contributed by atoms with Gasteiger partial charge in [0, 0.05) is 23.3 Å². The quantitative estimate of drug-likeness (QED) is 0.929. The van der Waals surface area contributed by atoms with Gasteiger partial charge in [-0.15, -0.1) is 0 Å². The third-order valence-corrected chi connectivity index (χ3v) is 3.02. The van der Waals surface area contributed by atoms with E-state index >= 15 is 0 Å². The van der Waals surface area contributed by atoms with Gasteiger partial charge in [-0.1, -0.05) is 17.7 Å². The summed E-state index contributed by atoms with van der Waals surface area (Å²) in [5.74, 6) is 0.711. The average Bonchev–Trinajstić information content (AvgIpc) is 2.46. The first kappa shape index (κ1) is 13.2. The highest BCUT2D eigenvalue weighted by atomic mass is 35.5. The van der Waals surface area contributed by atoms with Crippen molar-refractivity contribution >= 4 is 17.3 Å². The first-order chi connectivity index (χ1) is 9.26. The van der Waals surface area contributed by atoms with Crippen LogP contribution in [0.25, 0.3) is 0 Å². The number of hydrogen-bond donors (Lipinski definition) is 1. The van der Waals surface area contributed by atoms with Crippen LogP contribution in [0.5, 0.6) is 5.75 Å². The Bertz CT molecular complexity index is 622. The van der Waals surface area contributed by atoms with Gasteiger partial charge < -0.3 is 10.1 Å². The number of halogens is 1. The fourth-order valence-corrected chi connectivity index (χ4v) is 1.96. The monoisotopic (exact) mass is 273 g/mol. The van der Waals surface area contributed by atoms with Gasteiger partial charge >= 0.3 is 0 Å². The highest BCUT2D eigenvalue weighted by molar-refractivity contribution is 6.31. The molecule has 0 atom stereocenters. The van der Waals surface area contributed by atoms with Gasteiger partial charge in [0.25, 0.3) is 0 Å². The number of nitrogens with one attached hydrogen (secondary N) is 1. The van der Waals surface area contributed by atoms with E-state index in [1.54, 1.807) is 31.5 Å². The van der Waals surface area contributed by atoms with Crippen molar-refractivity contribution in [2.75, 3.05) is 12.4 Å². The number of benzene rings is 1. The molecular weight excluding hydrogens is 262 g/mol. The standard InChI is InChI=1S/C14H12ClN3O/c1-19-14-6-2-4-11(15)10(14)9-18-12-5-3-7-17-13(12)8-16/h2-7,18H,9H2,1H3. The highest BCUT2D eigenvalue weighted by Crippen LogP contribution is 2.27. The van der Waals surface area contributed by atoms with E-state index < -0.39 is 0 Å². The van der Waals surface area contributed by atoms with Crippen LogP contribution in [0.1, 0.15) is 11.3 Å². The molecule has 2 rings (SSSR count). The summed E-state index contributed by atoms with van der Waals surface area (Å²) in [7, 11) is 1.60. The second kappa shape index (κ2) is 6.07. The Morgan fingerprint density at radius 1 is 1.37 bits per heavy atom. The van der Waals surface area contributed by atoms with Crippen molar-refractivity contribution in [3.8, 4) is 11.8 Å². The van der Waals surface area contributed by atoms with E-state index in [-0.39, 0.29) is 0 Å². The molecule has 0 unspecified atom stereocenters. The van der Waals surface area contributed by atoms with Crippen molar-refractivity contribution in [1.29, 1.82) is 5.26 Å². The summed E-state index contributed by atoms with van der Waals surface area (Å²) in [5.41, 5.74) is 1.87. The largest absolute Gasteiger partial charge is 0.496 e. The molecule has 0 aliphatic carbocycles. The molecule has 2 aromatic rings. The average molecular weight is 274 g/mol. The second-order valence-electron chi connectivity index (χ2n) is 3.79. The number of nitrogens with zero attached hydrogens (tertiary/aromatic N) is 2. The van der Waals surface area contributed by atoms with Crippen molar-refractivity contribution in [1.82, 2.24) is 4.98 Å². The van der Waals surface area contributed by atoms with Crippen LogP contribution in [0.4, 0.5) is 5.69 Å². The topological polar surface area (TPSA) is 57.9 Å². The van der Waals surface area contributed by atoms with Gasteiger partial charge in [-0.25, -0.2) is 4.98 Å². The number of pyridine rings is 1. The third-order valence-electron chi connectivity index (χ3n) is 2.67. The first-order valence-corrected chi connectivity index (χ1v) is 6.04. The van der Waals surface area contributed by atoms with Crippen molar-refractivity contribution in [3.05, 3.63) is 52.8 Å². The predicted molar refractivity (Wildman–Crippen MR) is 74.3 cm³/mol. The Morgan fingerprint density at radius 2 is 2.21 bits per heavy atom. The Labute approximate surface area is 116 Å². The highest BCUT2D eigenvalue weighted by Gasteiger charge is 2.08. The summed E-state index contributed by atoms with van der Waals surface area (Å²) in [6.45, 7) is 0.462. The maximum Gasteiger partial charge on any atom is 0.163 e. The van der Waals surface area contributed by atoms with E-state index in [4.69, 9.17) is 21.6 Å². The van der Waals surface area contributed by atoms with Gasteiger partial charge in [-0.05, 0) is 24.3 Å². The zero-order chi connectivity index (χ0) is 13.7. The Balaban J connectivity index is 2.22. The van der Waals surface area contributed by atoms with Crippen LogP contribution in [0.15, 0.2) is 36.5 Å². The molecule has 4 nitrogen and oxygen atoms in total. The molecule has 1 aromatic heterocycles. The molecular formula is C14H12ClN3O. The number of hydrogen-bond acceptors (Lipinski definition) is 4. The Morgan fingerprint density at radius 3 is 2.95 bits per heavy atom. The number of nitriles is 1. The van der Waals surface area contributed by atoms with Gasteiger partial charge in [-0.3, -0.25) is 0 Å². The molecule has 5 heteroatoms. The van der Waals surface area contributed by atoms with E-state index in [1.807, 2.05) is 18.2 Å². The Hall–Kier alpha value is -2.25. The fourth-order valence-electron chi connectivity index (χ4n) is 1.72. The summed E-state index contributed by atoms with van der Waals surface area (Å²) in [6.07, 6.45) is 1.58. The fraction of sp³-hybridized carbons (Fsp3) is 0.143. The van der Waals surface area contributed by atoms with Crippen molar-refractivity contribution in [2.24, 2.45) is 0 Å². The molecule has 0 saturated carbocycles. The molecule has 0 amide bonds. The summed E-state index contributed by atoms with van der Waals surface area (Å²) in [6, 6.07) is 11.1. The minimum absolute atomic E-state index is 0.355. The molecule has 96 valence electrons. The third kappa shape index (κ3) is 2.95. The van der Waals surface area contributed by atoms with Crippen LogP contribution >= 0.6 is 11.6 Å². The Kier molecular flexibility index (Phi) is 4.22. The molecule has 0 spiro atoms. The summed E-state index contributed by atoms with van der Waals surface area (Å²) in [4.78, 5) is 3.99. The van der Waals surface area contributed by atoms with Gasteiger partial charge in [-0.2, -0.15) is 5.26 Å². The maximum absolute atomic E-state index is 8.97. The number of rotatable bonds is 4. The van der Waals surface area contributed by atoms with E-state index in [1.165, 1.54) is 0 Å². The molecule has 1 N–H and O–H groups in total. The molecule has 19 heavy (non-hydrogen) atoms. The SMILES string of the molecule is COc1cccc(Cl)c1CNc1cccnc1C#N. The number of anilines is 1. The lowest BCUT2D eigenvalue weighted by Crippen LogP contribution is -2.04. The summed E-state index contributed by atoms with van der Waals surface area (Å²) in [5, 5.41) is 12.7. The van der Waals surface area contributed by atoms with Crippen molar-refractivity contribution < 1.29 is 4.74 Å². The summed E-state index contributed by atoms with van der Waals surface area (Å²) >= 11 is 6.15. The van der Waals surface area contributed by atoms with E-state index in [9.17, 15) is 0 Å². The van der Waals surface area contributed by atoms with Crippen LogP contribution < -0.4 is 10.1 Å². The van der Waals surface area contributed by atoms with E-state index in [2.05, 4.69) is 10.3 Å². The number of methoxy groups -OCH3 is 1. The molecule has 1 aromatic carbocycles. The van der Waals surface area contributed by atoms with Crippen LogP contribution in [0.2, 0.25) is 5.02 Å². The lowest BCUT2D eigenvalue weighted by Gasteiger charge is -2.12. The minimum Gasteiger partial charge on any atom is -0.496 e. The van der Waals surface area contributed by atoms with Crippen molar-refractivity contribution in [3.63, 3.8) is 0 Å². The molecule has 0 fully saturated rings. The van der Waals surface area contributed by atoms with Crippen molar-refractivity contribution in [2.45, 2.75) is 6.54 Å². The normalized spacial score (nSPS) is 9.74. The smallest absolute Gasteiger partial charge is 0.163 e. The number of aromatic nitrogens is 1. The minimum atomic E-state index is 0.355. The molecule has 0 saturated heterocycles. The zero-order valence-electron chi connectivity index (χ0n) is 10.4. The van der Waals surface area contributed by atoms with E-state index in [0.717, 1.165) is 5.56 Å². The lowest BCUT2D eigenvalue weighted by atomic mass is 10.2.